The normalized spacial score (nSPS) is 15.5. The zero-order valence-electron chi connectivity index (χ0n) is 14.1. The summed E-state index contributed by atoms with van der Waals surface area (Å²) in [6.07, 6.45) is 3.29. The van der Waals surface area contributed by atoms with Gasteiger partial charge in [-0.3, -0.25) is 4.79 Å². The molecule has 1 amide bonds. The molecule has 1 heterocycles. The van der Waals surface area contributed by atoms with E-state index < -0.39 is 5.97 Å². The number of carbonyl (C=O) groups excluding carboxylic acids is 2. The summed E-state index contributed by atoms with van der Waals surface area (Å²) in [4.78, 5) is 25.4. The number of hydrogen-bond acceptors (Lipinski definition) is 4. The Labute approximate surface area is 145 Å². The lowest BCUT2D eigenvalue weighted by Gasteiger charge is -2.28. The lowest BCUT2D eigenvalue weighted by atomic mass is 9.78. The number of hydrogen-bond donors (Lipinski definition) is 1. The summed E-state index contributed by atoms with van der Waals surface area (Å²) in [6.45, 7) is 4.57. The molecule has 0 radical (unpaired) electrons. The number of rotatable bonds is 3. The number of aryl methyl sites for hydroxylation is 1. The fourth-order valence-corrected chi connectivity index (χ4v) is 4.34. The molecule has 0 saturated heterocycles. The molecule has 1 aliphatic carbocycles. The highest BCUT2D eigenvalue weighted by Crippen LogP contribution is 2.40. The molecule has 1 aromatic heterocycles. The van der Waals surface area contributed by atoms with E-state index in [9.17, 15) is 9.59 Å². The van der Waals surface area contributed by atoms with E-state index in [1.165, 1.54) is 24.0 Å². The predicted molar refractivity (Wildman–Crippen MR) is 95.9 cm³/mol. The quantitative estimate of drug-likeness (QED) is 0.845. The number of ether oxygens (including phenoxy) is 1. The minimum absolute atomic E-state index is 0.210. The van der Waals surface area contributed by atoms with Gasteiger partial charge in [-0.25, -0.2) is 4.79 Å². The number of fused-ring (bicyclic) bond motifs is 1. The fourth-order valence-electron chi connectivity index (χ4n) is 2.97. The SMILES string of the molecule is COC(=O)c1cccc(C(=O)Nc2cc3c(s2)CC(C)(C)CC3)c1. The molecule has 2 aromatic rings. The van der Waals surface area contributed by atoms with Crippen molar-refractivity contribution in [1.82, 2.24) is 0 Å². The Hall–Kier alpha value is -2.14. The molecule has 0 saturated carbocycles. The maximum Gasteiger partial charge on any atom is 0.337 e. The average Bonchev–Trinajstić information content (AvgIpc) is 2.94. The molecular formula is C19H21NO3S. The van der Waals surface area contributed by atoms with E-state index in [0.29, 0.717) is 16.5 Å². The van der Waals surface area contributed by atoms with E-state index in [-0.39, 0.29) is 5.91 Å². The van der Waals surface area contributed by atoms with E-state index in [1.807, 2.05) is 0 Å². The van der Waals surface area contributed by atoms with Crippen molar-refractivity contribution in [2.45, 2.75) is 33.1 Å². The second-order valence-electron chi connectivity index (χ2n) is 6.93. The van der Waals surface area contributed by atoms with Gasteiger partial charge in [-0.15, -0.1) is 11.3 Å². The van der Waals surface area contributed by atoms with Crippen molar-refractivity contribution in [3.8, 4) is 0 Å². The van der Waals surface area contributed by atoms with E-state index in [1.54, 1.807) is 35.6 Å². The number of nitrogens with one attached hydrogen (secondary N) is 1. The van der Waals surface area contributed by atoms with Crippen molar-refractivity contribution >= 4 is 28.2 Å². The number of amides is 1. The third-order valence-corrected chi connectivity index (χ3v) is 5.48. The molecule has 0 bridgehead atoms. The molecule has 0 aliphatic heterocycles. The van der Waals surface area contributed by atoms with E-state index >= 15 is 0 Å². The molecule has 0 unspecified atom stereocenters. The van der Waals surface area contributed by atoms with Crippen LogP contribution in [0.15, 0.2) is 30.3 Å². The number of carbonyl (C=O) groups is 2. The molecule has 4 nitrogen and oxygen atoms in total. The minimum Gasteiger partial charge on any atom is -0.465 e. The van der Waals surface area contributed by atoms with Crippen LogP contribution in [0.4, 0.5) is 5.00 Å². The maximum atomic E-state index is 12.5. The highest BCUT2D eigenvalue weighted by atomic mass is 32.1. The van der Waals surface area contributed by atoms with Gasteiger partial charge < -0.3 is 10.1 Å². The lowest BCUT2D eigenvalue weighted by molar-refractivity contribution is 0.0600. The van der Waals surface area contributed by atoms with Crippen LogP contribution in [0, 0.1) is 5.41 Å². The highest BCUT2D eigenvalue weighted by Gasteiger charge is 2.27. The zero-order valence-corrected chi connectivity index (χ0v) is 15.0. The first-order chi connectivity index (χ1) is 11.4. The third kappa shape index (κ3) is 3.51. The number of esters is 1. The molecular weight excluding hydrogens is 322 g/mol. The molecule has 126 valence electrons. The van der Waals surface area contributed by atoms with Crippen LogP contribution in [-0.4, -0.2) is 19.0 Å². The summed E-state index contributed by atoms with van der Waals surface area (Å²) in [6, 6.07) is 8.64. The second-order valence-corrected chi connectivity index (χ2v) is 8.06. The molecule has 3 rings (SSSR count). The molecule has 0 spiro atoms. The summed E-state index contributed by atoms with van der Waals surface area (Å²) in [5, 5.41) is 3.82. The Kier molecular flexibility index (Phi) is 4.45. The molecule has 1 N–H and O–H groups in total. The lowest BCUT2D eigenvalue weighted by Crippen LogP contribution is -2.20. The summed E-state index contributed by atoms with van der Waals surface area (Å²) in [5.74, 6) is -0.655. The van der Waals surface area contributed by atoms with Crippen molar-refractivity contribution < 1.29 is 14.3 Å². The summed E-state index contributed by atoms with van der Waals surface area (Å²) >= 11 is 1.65. The molecule has 0 atom stereocenters. The van der Waals surface area contributed by atoms with Gasteiger partial charge in [-0.05, 0) is 54.5 Å². The van der Waals surface area contributed by atoms with Gasteiger partial charge in [0.25, 0.3) is 5.91 Å². The van der Waals surface area contributed by atoms with Gasteiger partial charge in [-0.2, -0.15) is 0 Å². The van der Waals surface area contributed by atoms with Crippen LogP contribution in [0.3, 0.4) is 0 Å². The Morgan fingerprint density at radius 2 is 1.96 bits per heavy atom. The summed E-state index contributed by atoms with van der Waals surface area (Å²) in [7, 11) is 1.33. The van der Waals surface area contributed by atoms with Crippen LogP contribution in [0.1, 0.15) is 51.4 Å². The van der Waals surface area contributed by atoms with Gasteiger partial charge >= 0.3 is 5.97 Å². The zero-order chi connectivity index (χ0) is 17.3. The summed E-state index contributed by atoms with van der Waals surface area (Å²) < 4.78 is 4.70. The fraction of sp³-hybridized carbons (Fsp3) is 0.368. The molecule has 1 aromatic carbocycles. The largest absolute Gasteiger partial charge is 0.465 e. The van der Waals surface area contributed by atoms with Gasteiger partial charge in [0.15, 0.2) is 0 Å². The Balaban J connectivity index is 1.76. The van der Waals surface area contributed by atoms with E-state index in [4.69, 9.17) is 4.74 Å². The first kappa shape index (κ1) is 16.7. The molecule has 1 aliphatic rings. The van der Waals surface area contributed by atoms with Gasteiger partial charge in [0, 0.05) is 10.4 Å². The van der Waals surface area contributed by atoms with Gasteiger partial charge in [0.2, 0.25) is 0 Å². The van der Waals surface area contributed by atoms with Gasteiger partial charge in [0.1, 0.15) is 0 Å². The van der Waals surface area contributed by atoms with Crippen molar-refractivity contribution in [3.63, 3.8) is 0 Å². The van der Waals surface area contributed by atoms with Gasteiger partial charge in [0.05, 0.1) is 17.7 Å². The second kappa shape index (κ2) is 6.40. The number of anilines is 1. The van der Waals surface area contributed by atoms with Crippen LogP contribution < -0.4 is 5.32 Å². The van der Waals surface area contributed by atoms with Crippen molar-refractivity contribution in [2.75, 3.05) is 12.4 Å². The average molecular weight is 343 g/mol. The molecule has 0 fully saturated rings. The smallest absolute Gasteiger partial charge is 0.337 e. The van der Waals surface area contributed by atoms with E-state index in [0.717, 1.165) is 17.8 Å². The molecule has 24 heavy (non-hydrogen) atoms. The number of benzene rings is 1. The van der Waals surface area contributed by atoms with Gasteiger partial charge in [-0.1, -0.05) is 19.9 Å². The Bertz CT molecular complexity index is 792. The van der Waals surface area contributed by atoms with Crippen LogP contribution in [0.25, 0.3) is 0 Å². The maximum absolute atomic E-state index is 12.5. The highest BCUT2D eigenvalue weighted by molar-refractivity contribution is 7.16. The Morgan fingerprint density at radius 1 is 1.21 bits per heavy atom. The standard InChI is InChI=1S/C19H21NO3S/c1-19(2)8-7-12-10-16(24-15(12)11-19)20-17(21)13-5-4-6-14(9-13)18(22)23-3/h4-6,9-10H,7-8,11H2,1-3H3,(H,20,21). The van der Waals surface area contributed by atoms with Crippen LogP contribution in [-0.2, 0) is 17.6 Å². The molecule has 5 heteroatoms. The van der Waals surface area contributed by atoms with Crippen molar-refractivity contribution in [1.29, 1.82) is 0 Å². The first-order valence-corrected chi connectivity index (χ1v) is 8.81. The van der Waals surface area contributed by atoms with Crippen LogP contribution >= 0.6 is 11.3 Å². The van der Waals surface area contributed by atoms with Crippen molar-refractivity contribution in [2.24, 2.45) is 5.41 Å². The first-order valence-electron chi connectivity index (χ1n) is 7.99. The Morgan fingerprint density at radius 3 is 2.71 bits per heavy atom. The van der Waals surface area contributed by atoms with Crippen molar-refractivity contribution in [3.05, 3.63) is 51.9 Å². The number of thiophene rings is 1. The number of methoxy groups -OCH3 is 1. The predicted octanol–water partition coefficient (Wildman–Crippen LogP) is 4.30. The monoisotopic (exact) mass is 343 g/mol. The van der Waals surface area contributed by atoms with Crippen LogP contribution in [0.5, 0.6) is 0 Å². The van der Waals surface area contributed by atoms with Crippen LogP contribution in [0.2, 0.25) is 0 Å². The third-order valence-electron chi connectivity index (χ3n) is 4.39. The van der Waals surface area contributed by atoms with E-state index in [2.05, 4.69) is 25.2 Å². The topological polar surface area (TPSA) is 55.4 Å². The minimum atomic E-state index is -0.446. The summed E-state index contributed by atoms with van der Waals surface area (Å²) in [5.41, 5.74) is 2.49.